The molecule has 0 amide bonds. The molecule has 0 atom stereocenters. The van der Waals surface area contributed by atoms with Crippen LogP contribution in [-0.4, -0.2) is 33.6 Å². The molecule has 2 rings (SSSR count). The van der Waals surface area contributed by atoms with Crippen molar-refractivity contribution in [1.82, 2.24) is 25.3 Å². The summed E-state index contributed by atoms with van der Waals surface area (Å²) in [6.45, 7) is 4.70. The van der Waals surface area contributed by atoms with Crippen LogP contribution in [0.3, 0.4) is 0 Å². The molecule has 0 saturated carbocycles. The van der Waals surface area contributed by atoms with Crippen LogP contribution in [0.5, 0.6) is 0 Å². The predicted molar refractivity (Wildman–Crippen MR) is 79.3 cm³/mol. The summed E-state index contributed by atoms with van der Waals surface area (Å²) in [5.74, 6) is 0.869. The number of aryl methyl sites for hydroxylation is 1. The molecule has 108 valence electrons. The Bertz CT molecular complexity index is 519. The number of rotatable bonds is 7. The van der Waals surface area contributed by atoms with Crippen LogP contribution in [0.15, 0.2) is 24.5 Å². The Morgan fingerprint density at radius 2 is 2.15 bits per heavy atom. The van der Waals surface area contributed by atoms with Gasteiger partial charge in [0.15, 0.2) is 5.82 Å². The summed E-state index contributed by atoms with van der Waals surface area (Å²) in [6, 6.07) is 4.02. The zero-order valence-corrected chi connectivity index (χ0v) is 12.4. The molecule has 0 spiro atoms. The second-order valence-electron chi connectivity index (χ2n) is 4.94. The Morgan fingerprint density at radius 1 is 1.30 bits per heavy atom. The lowest BCUT2D eigenvalue weighted by atomic mass is 10.3. The lowest BCUT2D eigenvalue weighted by molar-refractivity contribution is 0.656. The second kappa shape index (κ2) is 7.00. The first kappa shape index (κ1) is 14.5. The van der Waals surface area contributed by atoms with Gasteiger partial charge in [-0.2, -0.15) is 10.2 Å². The summed E-state index contributed by atoms with van der Waals surface area (Å²) in [5.41, 5.74) is 2.13. The maximum absolute atomic E-state index is 4.27. The topological polar surface area (TPSA) is 58.9 Å². The van der Waals surface area contributed by atoms with Crippen molar-refractivity contribution in [2.45, 2.75) is 26.4 Å². The molecule has 0 saturated heterocycles. The molecule has 0 aliphatic rings. The maximum atomic E-state index is 4.27. The summed E-state index contributed by atoms with van der Waals surface area (Å²) in [5, 5.41) is 16.0. The quantitative estimate of drug-likeness (QED) is 0.772. The number of hydrogen-bond donors (Lipinski definition) is 1. The first-order chi connectivity index (χ1) is 9.69. The van der Waals surface area contributed by atoms with E-state index in [4.69, 9.17) is 0 Å². The van der Waals surface area contributed by atoms with Gasteiger partial charge in [0.05, 0.1) is 11.9 Å². The Labute approximate surface area is 119 Å². The third-order valence-corrected chi connectivity index (χ3v) is 3.01. The number of nitrogens with zero attached hydrogens (tertiary/aromatic N) is 5. The van der Waals surface area contributed by atoms with Crippen molar-refractivity contribution in [3.05, 3.63) is 35.8 Å². The fraction of sp³-hybridized carbons (Fsp3) is 0.500. The SMILES string of the molecule is CCCNCc1ccc(N(C)Cc2cnn(C)c2)nn1. The zero-order chi connectivity index (χ0) is 14.4. The minimum atomic E-state index is 0.771. The van der Waals surface area contributed by atoms with Crippen molar-refractivity contribution in [3.8, 4) is 0 Å². The van der Waals surface area contributed by atoms with Gasteiger partial charge in [-0.25, -0.2) is 0 Å². The van der Waals surface area contributed by atoms with Crippen molar-refractivity contribution >= 4 is 5.82 Å². The second-order valence-corrected chi connectivity index (χ2v) is 4.94. The summed E-state index contributed by atoms with van der Waals surface area (Å²) >= 11 is 0. The Kier molecular flexibility index (Phi) is 5.06. The predicted octanol–water partition coefficient (Wildman–Crippen LogP) is 1.35. The van der Waals surface area contributed by atoms with E-state index in [9.17, 15) is 0 Å². The molecule has 2 aromatic heterocycles. The number of nitrogens with one attached hydrogen (secondary N) is 1. The van der Waals surface area contributed by atoms with Gasteiger partial charge in [-0.15, -0.1) is 5.10 Å². The molecule has 0 aliphatic heterocycles. The van der Waals surface area contributed by atoms with E-state index < -0.39 is 0 Å². The molecule has 0 fully saturated rings. The third-order valence-electron chi connectivity index (χ3n) is 3.01. The van der Waals surface area contributed by atoms with Crippen LogP contribution in [0.1, 0.15) is 24.6 Å². The highest BCUT2D eigenvalue weighted by Crippen LogP contribution is 2.11. The summed E-state index contributed by atoms with van der Waals surface area (Å²) in [4.78, 5) is 2.06. The minimum Gasteiger partial charge on any atom is -0.354 e. The van der Waals surface area contributed by atoms with Crippen LogP contribution >= 0.6 is 0 Å². The zero-order valence-electron chi connectivity index (χ0n) is 12.4. The lowest BCUT2D eigenvalue weighted by Crippen LogP contribution is -2.19. The van der Waals surface area contributed by atoms with Gasteiger partial charge in [-0.05, 0) is 25.1 Å². The van der Waals surface area contributed by atoms with Gasteiger partial charge in [-0.1, -0.05) is 6.92 Å². The molecule has 1 N–H and O–H groups in total. The van der Waals surface area contributed by atoms with Crippen molar-refractivity contribution in [2.75, 3.05) is 18.5 Å². The molecule has 2 heterocycles. The molecule has 20 heavy (non-hydrogen) atoms. The first-order valence-corrected chi connectivity index (χ1v) is 6.91. The third kappa shape index (κ3) is 4.03. The van der Waals surface area contributed by atoms with E-state index in [1.54, 1.807) is 4.68 Å². The van der Waals surface area contributed by atoms with E-state index in [-0.39, 0.29) is 0 Å². The normalized spacial score (nSPS) is 10.8. The van der Waals surface area contributed by atoms with E-state index in [1.807, 2.05) is 38.6 Å². The number of aromatic nitrogens is 4. The summed E-state index contributed by atoms with van der Waals surface area (Å²) in [7, 11) is 3.92. The summed E-state index contributed by atoms with van der Waals surface area (Å²) in [6.07, 6.45) is 5.00. The number of hydrogen-bond acceptors (Lipinski definition) is 5. The van der Waals surface area contributed by atoms with Crippen LogP contribution in [0.4, 0.5) is 5.82 Å². The van der Waals surface area contributed by atoms with E-state index in [1.165, 1.54) is 0 Å². The first-order valence-electron chi connectivity index (χ1n) is 6.91. The smallest absolute Gasteiger partial charge is 0.151 e. The van der Waals surface area contributed by atoms with Crippen molar-refractivity contribution < 1.29 is 0 Å². The molecule has 0 aliphatic carbocycles. The van der Waals surface area contributed by atoms with Crippen LogP contribution in [-0.2, 0) is 20.1 Å². The fourth-order valence-corrected chi connectivity index (χ4v) is 1.95. The average Bonchev–Trinajstić information content (AvgIpc) is 2.85. The Balaban J connectivity index is 1.91. The molecule has 2 aromatic rings. The molecule has 0 bridgehead atoms. The van der Waals surface area contributed by atoms with Gasteiger partial charge in [0.2, 0.25) is 0 Å². The van der Waals surface area contributed by atoms with Crippen molar-refractivity contribution in [1.29, 1.82) is 0 Å². The molecular weight excluding hydrogens is 252 g/mol. The Hall–Kier alpha value is -1.95. The highest BCUT2D eigenvalue weighted by Gasteiger charge is 2.06. The van der Waals surface area contributed by atoms with Gasteiger partial charge in [0.25, 0.3) is 0 Å². The van der Waals surface area contributed by atoms with Gasteiger partial charge in [-0.3, -0.25) is 4.68 Å². The Morgan fingerprint density at radius 3 is 2.75 bits per heavy atom. The molecule has 6 heteroatoms. The molecule has 0 unspecified atom stereocenters. The fourth-order valence-electron chi connectivity index (χ4n) is 1.95. The van der Waals surface area contributed by atoms with E-state index in [2.05, 4.69) is 32.4 Å². The van der Waals surface area contributed by atoms with Gasteiger partial charge < -0.3 is 10.2 Å². The molecular formula is C14H22N6. The lowest BCUT2D eigenvalue weighted by Gasteiger charge is -2.16. The molecule has 0 radical (unpaired) electrons. The minimum absolute atomic E-state index is 0.771. The maximum Gasteiger partial charge on any atom is 0.151 e. The van der Waals surface area contributed by atoms with E-state index >= 15 is 0 Å². The average molecular weight is 274 g/mol. The molecule has 0 aromatic carbocycles. The highest BCUT2D eigenvalue weighted by atomic mass is 15.3. The van der Waals surface area contributed by atoms with Crippen molar-refractivity contribution in [3.63, 3.8) is 0 Å². The monoisotopic (exact) mass is 274 g/mol. The van der Waals surface area contributed by atoms with Gasteiger partial charge >= 0.3 is 0 Å². The van der Waals surface area contributed by atoms with E-state index in [0.717, 1.165) is 43.1 Å². The van der Waals surface area contributed by atoms with Gasteiger partial charge in [0, 0.05) is 38.9 Å². The summed E-state index contributed by atoms with van der Waals surface area (Å²) < 4.78 is 1.80. The largest absolute Gasteiger partial charge is 0.354 e. The van der Waals surface area contributed by atoms with Crippen LogP contribution in [0.25, 0.3) is 0 Å². The van der Waals surface area contributed by atoms with Crippen LogP contribution in [0.2, 0.25) is 0 Å². The van der Waals surface area contributed by atoms with E-state index in [0.29, 0.717) is 0 Å². The van der Waals surface area contributed by atoms with Crippen LogP contribution < -0.4 is 10.2 Å². The van der Waals surface area contributed by atoms with Gasteiger partial charge in [0.1, 0.15) is 0 Å². The number of anilines is 1. The molecule has 6 nitrogen and oxygen atoms in total. The van der Waals surface area contributed by atoms with Crippen molar-refractivity contribution in [2.24, 2.45) is 7.05 Å². The highest BCUT2D eigenvalue weighted by molar-refractivity contribution is 5.37. The van der Waals surface area contributed by atoms with Crippen LogP contribution in [0, 0.1) is 0 Å². The standard InChI is InChI=1S/C14H22N6/c1-4-7-15-9-13-5-6-14(18-17-13)19(2)10-12-8-16-20(3)11-12/h5-6,8,11,15H,4,7,9-10H2,1-3H3.